The van der Waals surface area contributed by atoms with Crippen molar-refractivity contribution in [1.29, 1.82) is 0 Å². The van der Waals surface area contributed by atoms with Gasteiger partial charge in [-0.25, -0.2) is 8.42 Å². The molecule has 1 fully saturated rings. The summed E-state index contributed by atoms with van der Waals surface area (Å²) in [6.07, 6.45) is 3.93. The minimum absolute atomic E-state index is 0.127. The van der Waals surface area contributed by atoms with Gasteiger partial charge in [0.05, 0.1) is 11.2 Å². The van der Waals surface area contributed by atoms with Crippen molar-refractivity contribution in [3.05, 3.63) is 54.0 Å². The van der Waals surface area contributed by atoms with E-state index in [1.807, 2.05) is 13.0 Å². The molecule has 1 unspecified atom stereocenters. The van der Waals surface area contributed by atoms with Crippen LogP contribution in [0.4, 0.5) is 0 Å². The van der Waals surface area contributed by atoms with Crippen molar-refractivity contribution in [2.45, 2.75) is 37.1 Å². The summed E-state index contributed by atoms with van der Waals surface area (Å²) in [7, 11) is -3.53. The molecule has 0 saturated carbocycles. The second-order valence-electron chi connectivity index (χ2n) is 6.30. The largest absolute Gasteiger partial charge is 0.469 e. The molecule has 1 aliphatic heterocycles. The highest BCUT2D eigenvalue weighted by atomic mass is 32.2. The van der Waals surface area contributed by atoms with E-state index in [4.69, 9.17) is 4.42 Å². The maximum atomic E-state index is 12.6. The number of benzene rings is 1. The zero-order valence-electron chi connectivity index (χ0n) is 14.1. The summed E-state index contributed by atoms with van der Waals surface area (Å²) in [6.45, 7) is 2.96. The van der Waals surface area contributed by atoms with Crippen LogP contribution in [-0.4, -0.2) is 37.8 Å². The number of carbonyl (C=O) groups excluding carboxylic acids is 1. The fourth-order valence-corrected chi connectivity index (χ4v) is 4.53. The Morgan fingerprint density at radius 1 is 1.24 bits per heavy atom. The minimum atomic E-state index is -3.53. The minimum Gasteiger partial charge on any atom is -0.469 e. The number of rotatable bonds is 6. The molecule has 0 spiro atoms. The fourth-order valence-electron chi connectivity index (χ4n) is 2.96. The van der Waals surface area contributed by atoms with Gasteiger partial charge in [0, 0.05) is 31.1 Å². The molecule has 1 saturated heterocycles. The summed E-state index contributed by atoms with van der Waals surface area (Å²) >= 11 is 0. The van der Waals surface area contributed by atoms with Crippen LogP contribution in [0.3, 0.4) is 0 Å². The third-order valence-electron chi connectivity index (χ3n) is 4.26. The van der Waals surface area contributed by atoms with Crippen molar-refractivity contribution in [1.82, 2.24) is 9.62 Å². The molecule has 25 heavy (non-hydrogen) atoms. The monoisotopic (exact) mass is 362 g/mol. The quantitative estimate of drug-likeness (QED) is 0.856. The summed E-state index contributed by atoms with van der Waals surface area (Å²) < 4.78 is 32.0. The molecule has 2 heterocycles. The third-order valence-corrected chi connectivity index (χ3v) is 6.16. The van der Waals surface area contributed by atoms with Gasteiger partial charge in [0.1, 0.15) is 5.76 Å². The smallest absolute Gasteiger partial charge is 0.251 e. The first-order chi connectivity index (χ1) is 12.0. The van der Waals surface area contributed by atoms with E-state index >= 15 is 0 Å². The van der Waals surface area contributed by atoms with Crippen LogP contribution in [-0.2, 0) is 16.4 Å². The predicted molar refractivity (Wildman–Crippen MR) is 93.8 cm³/mol. The summed E-state index contributed by atoms with van der Waals surface area (Å²) in [5.74, 6) is 0.496. The Morgan fingerprint density at radius 2 is 2.00 bits per heavy atom. The highest BCUT2D eigenvalue weighted by molar-refractivity contribution is 7.89. The van der Waals surface area contributed by atoms with Crippen LogP contribution in [0.15, 0.2) is 52.0 Å². The van der Waals surface area contributed by atoms with Crippen LogP contribution in [0.25, 0.3) is 0 Å². The first-order valence-corrected chi connectivity index (χ1v) is 9.84. The molecule has 1 amide bonds. The van der Waals surface area contributed by atoms with E-state index in [1.165, 1.54) is 16.4 Å². The van der Waals surface area contributed by atoms with Gasteiger partial charge in [-0.3, -0.25) is 4.79 Å². The van der Waals surface area contributed by atoms with Crippen LogP contribution >= 0.6 is 0 Å². The number of sulfonamides is 1. The first kappa shape index (κ1) is 17.7. The Kier molecular flexibility index (Phi) is 5.24. The van der Waals surface area contributed by atoms with E-state index in [0.29, 0.717) is 25.1 Å². The van der Waals surface area contributed by atoms with Crippen LogP contribution in [0.5, 0.6) is 0 Å². The summed E-state index contributed by atoms with van der Waals surface area (Å²) in [6, 6.07) is 9.74. The van der Waals surface area contributed by atoms with E-state index in [9.17, 15) is 13.2 Å². The standard InChI is InChI=1S/C18H22N2O4S/c1-14(12-16-7-5-11-24-16)19-18(21)15-6-4-8-17(13-15)25(22,23)20-9-2-3-10-20/h4-8,11,13-14H,2-3,9-10,12H2,1H3,(H,19,21). The van der Waals surface area contributed by atoms with Gasteiger partial charge in [0.2, 0.25) is 10.0 Å². The molecule has 0 bridgehead atoms. The van der Waals surface area contributed by atoms with E-state index in [1.54, 1.807) is 24.5 Å². The van der Waals surface area contributed by atoms with Crippen LogP contribution < -0.4 is 5.32 Å². The molecule has 0 aliphatic carbocycles. The van der Waals surface area contributed by atoms with Gasteiger partial charge in [0.15, 0.2) is 0 Å². The molecule has 1 aromatic carbocycles. The van der Waals surface area contributed by atoms with Crippen molar-refractivity contribution in [3.8, 4) is 0 Å². The molecular formula is C18H22N2O4S. The van der Waals surface area contributed by atoms with Gasteiger partial charge in [-0.1, -0.05) is 6.07 Å². The Balaban J connectivity index is 1.71. The zero-order chi connectivity index (χ0) is 17.9. The van der Waals surface area contributed by atoms with Crippen molar-refractivity contribution in [3.63, 3.8) is 0 Å². The number of hydrogen-bond donors (Lipinski definition) is 1. The number of furan rings is 1. The zero-order valence-corrected chi connectivity index (χ0v) is 15.0. The van der Waals surface area contributed by atoms with Crippen molar-refractivity contribution < 1.29 is 17.6 Å². The SMILES string of the molecule is CC(Cc1ccco1)NC(=O)c1cccc(S(=O)(=O)N2CCCC2)c1. The van der Waals surface area contributed by atoms with Gasteiger partial charge in [-0.15, -0.1) is 0 Å². The Morgan fingerprint density at radius 3 is 2.68 bits per heavy atom. The first-order valence-electron chi connectivity index (χ1n) is 8.40. The topological polar surface area (TPSA) is 79.6 Å². The van der Waals surface area contributed by atoms with Crippen molar-refractivity contribution in [2.24, 2.45) is 0 Å². The van der Waals surface area contributed by atoms with Crippen LogP contribution in [0.1, 0.15) is 35.9 Å². The van der Waals surface area contributed by atoms with Gasteiger partial charge >= 0.3 is 0 Å². The average molecular weight is 362 g/mol. The lowest BCUT2D eigenvalue weighted by molar-refractivity contribution is 0.0939. The van der Waals surface area contributed by atoms with E-state index in [-0.39, 0.29) is 16.8 Å². The summed E-state index contributed by atoms with van der Waals surface area (Å²) in [5.41, 5.74) is 0.339. The van der Waals surface area contributed by atoms with Crippen molar-refractivity contribution >= 4 is 15.9 Å². The van der Waals surface area contributed by atoms with Gasteiger partial charge in [-0.2, -0.15) is 4.31 Å². The second-order valence-corrected chi connectivity index (χ2v) is 8.23. The van der Waals surface area contributed by atoms with Crippen LogP contribution in [0.2, 0.25) is 0 Å². The van der Waals surface area contributed by atoms with E-state index < -0.39 is 10.0 Å². The number of carbonyl (C=O) groups is 1. The summed E-state index contributed by atoms with van der Waals surface area (Å²) in [4.78, 5) is 12.6. The second kappa shape index (κ2) is 7.41. The fraction of sp³-hybridized carbons (Fsp3) is 0.389. The lowest BCUT2D eigenvalue weighted by Gasteiger charge is -2.16. The molecule has 3 rings (SSSR count). The molecular weight excluding hydrogens is 340 g/mol. The van der Waals surface area contributed by atoms with Gasteiger partial charge < -0.3 is 9.73 Å². The third kappa shape index (κ3) is 4.11. The predicted octanol–water partition coefficient (Wildman–Crippen LogP) is 2.43. The van der Waals surface area contributed by atoms with Crippen molar-refractivity contribution in [2.75, 3.05) is 13.1 Å². The Labute approximate surface area is 147 Å². The molecule has 2 aromatic rings. The molecule has 134 valence electrons. The molecule has 1 aromatic heterocycles. The molecule has 1 atom stereocenters. The lowest BCUT2D eigenvalue weighted by atomic mass is 10.1. The van der Waals surface area contributed by atoms with Gasteiger partial charge in [-0.05, 0) is 50.1 Å². The Bertz CT molecular complexity index is 825. The maximum Gasteiger partial charge on any atom is 0.251 e. The number of nitrogens with zero attached hydrogens (tertiary/aromatic N) is 1. The normalized spacial score (nSPS) is 16.7. The average Bonchev–Trinajstić information content (AvgIpc) is 3.28. The highest BCUT2D eigenvalue weighted by Crippen LogP contribution is 2.21. The molecule has 1 aliphatic rings. The number of hydrogen-bond acceptors (Lipinski definition) is 4. The van der Waals surface area contributed by atoms with E-state index in [0.717, 1.165) is 18.6 Å². The van der Waals surface area contributed by atoms with Crippen LogP contribution in [0, 0.1) is 0 Å². The lowest BCUT2D eigenvalue weighted by Crippen LogP contribution is -2.34. The summed E-state index contributed by atoms with van der Waals surface area (Å²) in [5, 5.41) is 2.88. The Hall–Kier alpha value is -2.12. The molecule has 7 heteroatoms. The number of nitrogens with one attached hydrogen (secondary N) is 1. The van der Waals surface area contributed by atoms with Gasteiger partial charge in [0.25, 0.3) is 5.91 Å². The number of amides is 1. The maximum absolute atomic E-state index is 12.6. The molecule has 6 nitrogen and oxygen atoms in total. The molecule has 1 N–H and O–H groups in total. The molecule has 0 radical (unpaired) electrons. The highest BCUT2D eigenvalue weighted by Gasteiger charge is 2.27. The van der Waals surface area contributed by atoms with E-state index in [2.05, 4.69) is 5.32 Å².